The van der Waals surface area contributed by atoms with E-state index in [4.69, 9.17) is 4.74 Å². The predicted molar refractivity (Wildman–Crippen MR) is 78.9 cm³/mol. The van der Waals surface area contributed by atoms with Gasteiger partial charge in [-0.1, -0.05) is 6.07 Å². The lowest BCUT2D eigenvalue weighted by Crippen LogP contribution is -2.33. The molecule has 104 valence electrons. The fourth-order valence-corrected chi connectivity index (χ4v) is 3.47. The van der Waals surface area contributed by atoms with Crippen LogP contribution in [0.4, 0.5) is 5.69 Å². The third-order valence-corrected chi connectivity index (χ3v) is 4.66. The minimum Gasteiger partial charge on any atom is -0.497 e. The van der Waals surface area contributed by atoms with E-state index in [-0.39, 0.29) is 0 Å². The highest BCUT2D eigenvalue weighted by atomic mass is 16.5. The monoisotopic (exact) mass is 260 g/mol. The van der Waals surface area contributed by atoms with Gasteiger partial charge in [-0.15, -0.1) is 0 Å². The number of hydrogen-bond donors (Lipinski definition) is 0. The second-order valence-electron chi connectivity index (χ2n) is 6.17. The van der Waals surface area contributed by atoms with E-state index in [1.807, 2.05) is 6.07 Å². The Balaban J connectivity index is 1.68. The SMILES string of the molecule is COc1cccc(N2C[C@@H]3CN(C(C)C)C[C@@H]3C2)c1. The number of fused-ring (bicyclic) bond motifs is 1. The fourth-order valence-electron chi connectivity index (χ4n) is 3.47. The lowest BCUT2D eigenvalue weighted by molar-refractivity contribution is 0.258. The Labute approximate surface area is 116 Å². The Hall–Kier alpha value is -1.22. The van der Waals surface area contributed by atoms with E-state index in [1.165, 1.54) is 31.9 Å². The molecule has 1 aromatic rings. The molecule has 2 aliphatic rings. The van der Waals surface area contributed by atoms with Crippen LogP contribution in [0.15, 0.2) is 24.3 Å². The normalized spacial score (nSPS) is 27.1. The smallest absolute Gasteiger partial charge is 0.120 e. The molecule has 0 radical (unpaired) electrons. The molecule has 0 amide bonds. The van der Waals surface area contributed by atoms with Gasteiger partial charge in [0.2, 0.25) is 0 Å². The van der Waals surface area contributed by atoms with E-state index in [9.17, 15) is 0 Å². The van der Waals surface area contributed by atoms with Gasteiger partial charge in [-0.2, -0.15) is 0 Å². The molecule has 2 aliphatic heterocycles. The standard InChI is InChI=1S/C16H24N2O/c1-12(2)17-8-13-10-18(11-14(13)9-17)15-5-4-6-16(7-15)19-3/h4-7,12-14H,8-11H2,1-3H3/t13-,14+. The minimum absolute atomic E-state index is 0.691. The summed E-state index contributed by atoms with van der Waals surface area (Å²) in [5, 5.41) is 0. The first kappa shape index (κ1) is 12.8. The molecule has 3 rings (SSSR count). The van der Waals surface area contributed by atoms with Gasteiger partial charge in [-0.05, 0) is 37.8 Å². The Morgan fingerprint density at radius 2 is 1.79 bits per heavy atom. The van der Waals surface area contributed by atoms with E-state index in [2.05, 4.69) is 41.8 Å². The second kappa shape index (κ2) is 5.04. The number of methoxy groups -OCH3 is 1. The third kappa shape index (κ3) is 2.44. The molecule has 1 aromatic carbocycles. The van der Waals surface area contributed by atoms with E-state index in [0.717, 1.165) is 17.6 Å². The summed E-state index contributed by atoms with van der Waals surface area (Å²) in [4.78, 5) is 5.15. The molecule has 3 nitrogen and oxygen atoms in total. The first-order valence-electron chi connectivity index (χ1n) is 7.30. The average molecular weight is 260 g/mol. The highest BCUT2D eigenvalue weighted by molar-refractivity contribution is 5.51. The average Bonchev–Trinajstić information content (AvgIpc) is 2.96. The van der Waals surface area contributed by atoms with Gasteiger partial charge in [-0.25, -0.2) is 0 Å². The highest BCUT2D eigenvalue weighted by Gasteiger charge is 2.40. The van der Waals surface area contributed by atoms with Gasteiger partial charge >= 0.3 is 0 Å². The molecule has 0 aliphatic carbocycles. The maximum Gasteiger partial charge on any atom is 0.120 e. The zero-order valence-electron chi connectivity index (χ0n) is 12.2. The number of nitrogens with zero attached hydrogens (tertiary/aromatic N) is 2. The van der Waals surface area contributed by atoms with E-state index in [0.29, 0.717) is 6.04 Å². The molecule has 3 heteroatoms. The maximum atomic E-state index is 5.32. The van der Waals surface area contributed by atoms with Crippen LogP contribution in [0.3, 0.4) is 0 Å². The second-order valence-corrected chi connectivity index (χ2v) is 6.17. The highest BCUT2D eigenvalue weighted by Crippen LogP contribution is 2.35. The van der Waals surface area contributed by atoms with Gasteiger partial charge in [0, 0.05) is 44.0 Å². The summed E-state index contributed by atoms with van der Waals surface area (Å²) in [6.07, 6.45) is 0. The number of benzene rings is 1. The molecule has 0 spiro atoms. The van der Waals surface area contributed by atoms with Crippen molar-refractivity contribution >= 4 is 5.69 Å². The maximum absolute atomic E-state index is 5.32. The van der Waals surface area contributed by atoms with Crippen LogP contribution in [-0.2, 0) is 0 Å². The first-order valence-corrected chi connectivity index (χ1v) is 7.30. The number of hydrogen-bond acceptors (Lipinski definition) is 3. The van der Waals surface area contributed by atoms with Crippen molar-refractivity contribution in [2.75, 3.05) is 38.2 Å². The molecular weight excluding hydrogens is 236 g/mol. The quantitative estimate of drug-likeness (QED) is 0.830. The van der Waals surface area contributed by atoms with Crippen molar-refractivity contribution in [1.29, 1.82) is 0 Å². The van der Waals surface area contributed by atoms with Crippen LogP contribution >= 0.6 is 0 Å². The van der Waals surface area contributed by atoms with Crippen LogP contribution < -0.4 is 9.64 Å². The van der Waals surface area contributed by atoms with E-state index >= 15 is 0 Å². The zero-order valence-corrected chi connectivity index (χ0v) is 12.2. The van der Waals surface area contributed by atoms with Crippen LogP contribution in [0.2, 0.25) is 0 Å². The molecule has 2 saturated heterocycles. The summed E-state index contributed by atoms with van der Waals surface area (Å²) in [5.74, 6) is 2.64. The molecule has 19 heavy (non-hydrogen) atoms. The molecule has 2 fully saturated rings. The number of likely N-dealkylation sites (tertiary alicyclic amines) is 1. The zero-order chi connectivity index (χ0) is 13.4. The summed E-state index contributed by atoms with van der Waals surface area (Å²) in [6, 6.07) is 9.14. The molecule has 0 N–H and O–H groups in total. The van der Waals surface area contributed by atoms with Gasteiger partial charge in [0.15, 0.2) is 0 Å². The van der Waals surface area contributed by atoms with Crippen molar-refractivity contribution < 1.29 is 4.74 Å². The number of ether oxygens (including phenoxy) is 1. The number of anilines is 1. The van der Waals surface area contributed by atoms with E-state index in [1.54, 1.807) is 7.11 Å². The number of rotatable bonds is 3. The molecule has 2 atom stereocenters. The van der Waals surface area contributed by atoms with Crippen LogP contribution in [0.1, 0.15) is 13.8 Å². The van der Waals surface area contributed by atoms with Crippen molar-refractivity contribution in [3.63, 3.8) is 0 Å². The molecule has 0 saturated carbocycles. The molecule has 0 unspecified atom stereocenters. The predicted octanol–water partition coefficient (Wildman–Crippen LogP) is 2.47. The van der Waals surface area contributed by atoms with Crippen LogP contribution in [0.25, 0.3) is 0 Å². The Morgan fingerprint density at radius 1 is 1.11 bits per heavy atom. The lowest BCUT2D eigenvalue weighted by atomic mass is 10.0. The van der Waals surface area contributed by atoms with Gasteiger partial charge in [0.25, 0.3) is 0 Å². The van der Waals surface area contributed by atoms with Crippen molar-refractivity contribution in [2.45, 2.75) is 19.9 Å². The molecule has 2 heterocycles. The van der Waals surface area contributed by atoms with Crippen molar-refractivity contribution in [1.82, 2.24) is 4.90 Å². The molecule has 0 bridgehead atoms. The minimum atomic E-state index is 0.691. The van der Waals surface area contributed by atoms with Gasteiger partial charge in [0.1, 0.15) is 5.75 Å². The summed E-state index contributed by atoms with van der Waals surface area (Å²) in [6.45, 7) is 9.54. The van der Waals surface area contributed by atoms with Crippen molar-refractivity contribution in [2.24, 2.45) is 11.8 Å². The van der Waals surface area contributed by atoms with Crippen molar-refractivity contribution in [3.05, 3.63) is 24.3 Å². The lowest BCUT2D eigenvalue weighted by Gasteiger charge is -2.25. The molecular formula is C16H24N2O. The van der Waals surface area contributed by atoms with Crippen molar-refractivity contribution in [3.8, 4) is 5.75 Å². The van der Waals surface area contributed by atoms with Gasteiger partial charge in [-0.3, -0.25) is 0 Å². The summed E-state index contributed by atoms with van der Waals surface area (Å²) < 4.78 is 5.32. The summed E-state index contributed by atoms with van der Waals surface area (Å²) in [5.41, 5.74) is 1.31. The van der Waals surface area contributed by atoms with Crippen LogP contribution in [-0.4, -0.2) is 44.2 Å². The Bertz CT molecular complexity index is 432. The summed E-state index contributed by atoms with van der Waals surface area (Å²) in [7, 11) is 1.73. The third-order valence-electron chi connectivity index (χ3n) is 4.66. The van der Waals surface area contributed by atoms with Crippen LogP contribution in [0, 0.1) is 11.8 Å². The topological polar surface area (TPSA) is 15.7 Å². The summed E-state index contributed by atoms with van der Waals surface area (Å²) >= 11 is 0. The largest absolute Gasteiger partial charge is 0.497 e. The van der Waals surface area contributed by atoms with Gasteiger partial charge in [0.05, 0.1) is 7.11 Å². The van der Waals surface area contributed by atoms with E-state index < -0.39 is 0 Å². The Kier molecular flexibility index (Phi) is 3.40. The van der Waals surface area contributed by atoms with Crippen LogP contribution in [0.5, 0.6) is 5.75 Å². The first-order chi connectivity index (χ1) is 9.17. The van der Waals surface area contributed by atoms with Gasteiger partial charge < -0.3 is 14.5 Å². The fraction of sp³-hybridized carbons (Fsp3) is 0.625. The molecule has 0 aromatic heterocycles. The Morgan fingerprint density at radius 3 is 2.37 bits per heavy atom.